The fraction of sp³-hybridized carbons (Fsp3) is 0.714. The van der Waals surface area contributed by atoms with Gasteiger partial charge in [-0.1, -0.05) is 25.5 Å². The molecule has 0 bridgehead atoms. The molecule has 0 spiro atoms. The average molecular weight is 328 g/mol. The maximum absolute atomic E-state index is 12.2. The number of allylic oxidation sites excluding steroid dienone is 4. The fourth-order valence-electron chi connectivity index (χ4n) is 6.82. The Bertz CT molecular complexity index is 675. The lowest BCUT2D eigenvalue weighted by Gasteiger charge is -2.60. The van der Waals surface area contributed by atoms with E-state index in [-0.39, 0.29) is 34.2 Å². The quantitative estimate of drug-likeness (QED) is 0.800. The summed E-state index contributed by atoms with van der Waals surface area (Å²) in [6.45, 7) is 6.07. The highest BCUT2D eigenvalue weighted by atomic mass is 16.3. The summed E-state index contributed by atoms with van der Waals surface area (Å²) >= 11 is 0. The Balaban J connectivity index is 1.74. The molecule has 0 aromatic rings. The van der Waals surface area contributed by atoms with E-state index in [1.165, 1.54) is 5.57 Å². The van der Waals surface area contributed by atoms with Gasteiger partial charge < -0.3 is 5.11 Å². The predicted molar refractivity (Wildman–Crippen MR) is 92.2 cm³/mol. The molecular weight excluding hydrogens is 300 g/mol. The number of carbonyl (C=O) groups excluding carboxylic acids is 2. The van der Waals surface area contributed by atoms with Crippen LogP contribution in [0.25, 0.3) is 0 Å². The van der Waals surface area contributed by atoms with E-state index >= 15 is 0 Å². The molecular formula is C21H28O3. The molecule has 4 aliphatic carbocycles. The Labute approximate surface area is 144 Å². The molecule has 3 heteroatoms. The van der Waals surface area contributed by atoms with Crippen molar-refractivity contribution in [3.05, 3.63) is 23.8 Å². The number of hydrogen-bond acceptors (Lipinski definition) is 3. The van der Waals surface area contributed by atoms with Crippen LogP contribution in [0.3, 0.4) is 0 Å². The van der Waals surface area contributed by atoms with Crippen LogP contribution in [-0.4, -0.2) is 22.3 Å². The fourth-order valence-corrected chi connectivity index (χ4v) is 6.82. The second-order valence-electron chi connectivity index (χ2n) is 9.02. The van der Waals surface area contributed by atoms with Gasteiger partial charge in [-0.2, -0.15) is 0 Å². The number of rotatable bonds is 1. The van der Waals surface area contributed by atoms with Crippen LogP contribution >= 0.6 is 0 Å². The smallest absolute Gasteiger partial charge is 0.178 e. The van der Waals surface area contributed by atoms with E-state index in [4.69, 9.17) is 0 Å². The van der Waals surface area contributed by atoms with E-state index in [1.807, 2.05) is 6.08 Å². The number of Topliss-reactive ketones (excluding diaryl/α,β-unsaturated/α-hetero) is 1. The zero-order valence-electron chi connectivity index (χ0n) is 15.0. The number of carbonyl (C=O) groups is 2. The van der Waals surface area contributed by atoms with Crippen LogP contribution in [0.2, 0.25) is 0 Å². The molecule has 24 heavy (non-hydrogen) atoms. The van der Waals surface area contributed by atoms with Gasteiger partial charge in [-0.25, -0.2) is 0 Å². The normalized spacial score (nSPS) is 49.9. The molecule has 0 heterocycles. The summed E-state index contributed by atoms with van der Waals surface area (Å²) in [5.74, 6) is 0.915. The number of aliphatic hydroxyl groups is 1. The van der Waals surface area contributed by atoms with Crippen molar-refractivity contribution in [3.63, 3.8) is 0 Å². The first-order chi connectivity index (χ1) is 11.2. The Hall–Kier alpha value is -1.22. The lowest BCUT2D eigenvalue weighted by molar-refractivity contribution is -0.180. The van der Waals surface area contributed by atoms with E-state index in [2.05, 4.69) is 19.9 Å². The minimum atomic E-state index is -0.740. The lowest BCUT2D eigenvalue weighted by Crippen LogP contribution is -2.60. The summed E-state index contributed by atoms with van der Waals surface area (Å²) in [4.78, 5) is 24.0. The minimum absolute atomic E-state index is 0.00308. The number of fused-ring (bicyclic) bond motifs is 5. The molecule has 4 rings (SSSR count). The van der Waals surface area contributed by atoms with Crippen molar-refractivity contribution in [1.29, 1.82) is 0 Å². The van der Waals surface area contributed by atoms with E-state index in [9.17, 15) is 14.7 Å². The largest absolute Gasteiger partial charge is 0.389 e. The van der Waals surface area contributed by atoms with Crippen LogP contribution in [0, 0.1) is 28.6 Å². The van der Waals surface area contributed by atoms with Gasteiger partial charge in [0.25, 0.3) is 0 Å². The van der Waals surface area contributed by atoms with Gasteiger partial charge >= 0.3 is 0 Å². The lowest BCUT2D eigenvalue weighted by atomic mass is 9.46. The molecule has 3 saturated carbocycles. The van der Waals surface area contributed by atoms with Gasteiger partial charge in [0.05, 0.1) is 5.60 Å². The highest BCUT2D eigenvalue weighted by Crippen LogP contribution is 2.67. The van der Waals surface area contributed by atoms with Crippen molar-refractivity contribution in [2.75, 3.05) is 0 Å². The van der Waals surface area contributed by atoms with E-state index < -0.39 is 5.60 Å². The van der Waals surface area contributed by atoms with Crippen LogP contribution in [0.1, 0.15) is 59.3 Å². The van der Waals surface area contributed by atoms with Gasteiger partial charge in [-0.15, -0.1) is 0 Å². The van der Waals surface area contributed by atoms with E-state index in [0.717, 1.165) is 38.5 Å². The van der Waals surface area contributed by atoms with Crippen molar-refractivity contribution < 1.29 is 14.7 Å². The number of hydrogen-bond donors (Lipinski definition) is 1. The third kappa shape index (κ3) is 1.82. The molecule has 130 valence electrons. The summed E-state index contributed by atoms with van der Waals surface area (Å²) in [6, 6.07) is 0. The molecule has 1 N–H and O–H groups in total. The van der Waals surface area contributed by atoms with Crippen molar-refractivity contribution in [3.8, 4) is 0 Å². The topological polar surface area (TPSA) is 54.4 Å². The predicted octanol–water partition coefficient (Wildman–Crippen LogP) is 3.61. The van der Waals surface area contributed by atoms with Gasteiger partial charge in [0.2, 0.25) is 0 Å². The highest BCUT2D eigenvalue weighted by molar-refractivity contribution is 6.01. The van der Waals surface area contributed by atoms with Gasteiger partial charge in [-0.3, -0.25) is 9.59 Å². The monoisotopic (exact) mass is 328 g/mol. The summed E-state index contributed by atoms with van der Waals surface area (Å²) in [6.07, 6.45) is 10.9. The molecule has 0 amide bonds. The standard InChI is InChI=1S/C21H28O3/c1-13(22)16-8-11-21(24)18-5-4-14-12-15(23)6-9-19(14,2)17(18)7-10-20(16,21)3/h6,9,12,16-18,24H,4-5,7-8,10-11H2,1-3H3/t16-,17+,18-,19+,20-,21?/m1/s1. The molecule has 1 unspecified atom stereocenters. The molecule has 0 aromatic carbocycles. The van der Waals surface area contributed by atoms with Crippen molar-refractivity contribution >= 4 is 11.6 Å². The zero-order chi connectivity index (χ0) is 17.3. The summed E-state index contributed by atoms with van der Waals surface area (Å²) in [5.41, 5.74) is 0.105. The molecule has 3 nitrogen and oxygen atoms in total. The first-order valence-electron chi connectivity index (χ1n) is 9.39. The molecule has 0 aromatic heterocycles. The summed E-state index contributed by atoms with van der Waals surface area (Å²) in [7, 11) is 0. The Morgan fingerprint density at radius 1 is 1.17 bits per heavy atom. The molecule has 0 aliphatic heterocycles. The Morgan fingerprint density at radius 3 is 2.62 bits per heavy atom. The van der Waals surface area contributed by atoms with E-state index in [1.54, 1.807) is 13.0 Å². The van der Waals surface area contributed by atoms with Crippen LogP contribution in [0.4, 0.5) is 0 Å². The van der Waals surface area contributed by atoms with Crippen LogP contribution in [0.5, 0.6) is 0 Å². The van der Waals surface area contributed by atoms with Gasteiger partial charge in [0.15, 0.2) is 5.78 Å². The first kappa shape index (κ1) is 16.3. The molecule has 3 fully saturated rings. The maximum Gasteiger partial charge on any atom is 0.178 e. The highest BCUT2D eigenvalue weighted by Gasteiger charge is 2.66. The third-order valence-corrected chi connectivity index (χ3v) is 8.23. The maximum atomic E-state index is 12.2. The molecule has 0 radical (unpaired) electrons. The molecule has 0 saturated heterocycles. The van der Waals surface area contributed by atoms with Crippen LogP contribution in [0.15, 0.2) is 23.8 Å². The second kappa shape index (κ2) is 4.91. The van der Waals surface area contributed by atoms with Crippen molar-refractivity contribution in [1.82, 2.24) is 0 Å². The molecule has 4 aliphatic rings. The minimum Gasteiger partial charge on any atom is -0.389 e. The molecule has 6 atom stereocenters. The van der Waals surface area contributed by atoms with Crippen LogP contribution in [-0.2, 0) is 9.59 Å². The summed E-state index contributed by atoms with van der Waals surface area (Å²) < 4.78 is 0. The average Bonchev–Trinajstić information content (AvgIpc) is 2.80. The Morgan fingerprint density at radius 2 is 1.92 bits per heavy atom. The van der Waals surface area contributed by atoms with Gasteiger partial charge in [0.1, 0.15) is 5.78 Å². The second-order valence-corrected chi connectivity index (χ2v) is 9.02. The SMILES string of the molecule is CC(=O)[C@H]1CCC2(O)[C@@H]3CCC4=CC(=O)C=C[C@]4(C)[C@H]3CC[C@]12C. The first-order valence-corrected chi connectivity index (χ1v) is 9.39. The third-order valence-electron chi connectivity index (χ3n) is 8.23. The Kier molecular flexibility index (Phi) is 3.32. The summed E-state index contributed by atoms with van der Waals surface area (Å²) in [5, 5.41) is 11.8. The van der Waals surface area contributed by atoms with Gasteiger partial charge in [0, 0.05) is 16.7 Å². The van der Waals surface area contributed by atoms with Gasteiger partial charge in [-0.05, 0) is 69.4 Å². The zero-order valence-corrected chi connectivity index (χ0v) is 15.0. The van der Waals surface area contributed by atoms with Crippen LogP contribution < -0.4 is 0 Å². The van der Waals surface area contributed by atoms with Crippen molar-refractivity contribution in [2.24, 2.45) is 28.6 Å². The number of ketones is 2. The van der Waals surface area contributed by atoms with E-state index in [0.29, 0.717) is 5.92 Å². The van der Waals surface area contributed by atoms with Crippen molar-refractivity contribution in [2.45, 2.75) is 64.9 Å².